The molecule has 1 aromatic rings. The van der Waals surface area contributed by atoms with E-state index in [0.29, 0.717) is 32.4 Å². The Labute approximate surface area is 224 Å². The number of aliphatic hydroxyl groups is 1. The molecule has 0 spiro atoms. The summed E-state index contributed by atoms with van der Waals surface area (Å²) in [7, 11) is 1.62. The predicted molar refractivity (Wildman–Crippen MR) is 143 cm³/mol. The predicted octanol–water partition coefficient (Wildman–Crippen LogP) is 4.81. The number of carbonyl (C=O) groups excluding carboxylic acids is 2. The maximum atomic E-state index is 17.2. The van der Waals surface area contributed by atoms with E-state index in [1.54, 1.807) is 19.3 Å². The lowest BCUT2D eigenvalue weighted by atomic mass is 9.45. The third-order valence-electron chi connectivity index (χ3n) is 10.2. The van der Waals surface area contributed by atoms with E-state index in [9.17, 15) is 14.7 Å². The molecule has 0 aliphatic heterocycles. The van der Waals surface area contributed by atoms with Crippen molar-refractivity contribution in [3.8, 4) is 11.5 Å². The molecule has 7 heteroatoms. The van der Waals surface area contributed by atoms with Crippen LogP contribution in [0.1, 0.15) is 52.9 Å². The normalized spacial score (nSPS) is 39.5. The zero-order chi connectivity index (χ0) is 27.3. The molecule has 4 aliphatic carbocycles. The molecule has 0 bridgehead atoms. The molecule has 3 fully saturated rings. The first-order valence-electron chi connectivity index (χ1n) is 13.9. The fourth-order valence-electron chi connectivity index (χ4n) is 8.39. The van der Waals surface area contributed by atoms with Crippen LogP contribution in [-0.4, -0.2) is 48.8 Å². The molecule has 1 aromatic carbocycles. The summed E-state index contributed by atoms with van der Waals surface area (Å²) in [5.41, 5.74) is -2.57. The lowest BCUT2D eigenvalue weighted by Crippen LogP contribution is -2.67. The summed E-state index contributed by atoms with van der Waals surface area (Å²) >= 11 is 0. The molecule has 0 unspecified atom stereocenters. The Morgan fingerprint density at radius 1 is 1.18 bits per heavy atom. The Balaban J connectivity index is 1.25. The molecule has 0 heterocycles. The highest BCUT2D eigenvalue weighted by atomic mass is 19.1. The standard InChI is InChI=1S/C31H40FNO5/c1-19-16-25-24-11-6-20-17-21(34)12-13-30(20,3)31(24,32)26(35)18-29(25,2)27(19)28(36)33-14-5-15-38-23-9-7-22(37-4)8-10-23/h7-10,12-13,17,19,24-27,35H,5-6,11,14-16,18H2,1-4H3,(H,33,36)/t19-,24+,25+,26+,27-,29+,30+,31+/m1/s1. The summed E-state index contributed by atoms with van der Waals surface area (Å²) in [4.78, 5) is 25.5. The fraction of sp³-hybridized carbons (Fsp3) is 0.613. The number of aliphatic hydroxyl groups excluding tert-OH is 1. The summed E-state index contributed by atoms with van der Waals surface area (Å²) in [6.07, 6.45) is 6.36. The van der Waals surface area contributed by atoms with Crippen molar-refractivity contribution in [3.63, 3.8) is 0 Å². The van der Waals surface area contributed by atoms with Crippen LogP contribution in [0.25, 0.3) is 0 Å². The van der Waals surface area contributed by atoms with Crippen LogP contribution in [0.5, 0.6) is 11.5 Å². The van der Waals surface area contributed by atoms with Crippen LogP contribution in [0.4, 0.5) is 4.39 Å². The fourth-order valence-corrected chi connectivity index (χ4v) is 8.39. The minimum Gasteiger partial charge on any atom is -0.497 e. The van der Waals surface area contributed by atoms with Crippen LogP contribution in [-0.2, 0) is 9.59 Å². The number of benzene rings is 1. The summed E-state index contributed by atoms with van der Waals surface area (Å²) in [5.74, 6) is 0.805. The number of fused-ring (bicyclic) bond motifs is 5. The van der Waals surface area contributed by atoms with E-state index in [0.717, 1.165) is 23.5 Å². The number of amides is 1. The largest absolute Gasteiger partial charge is 0.497 e. The molecule has 4 aliphatic rings. The maximum absolute atomic E-state index is 17.2. The average Bonchev–Trinajstić information content (AvgIpc) is 3.15. The van der Waals surface area contributed by atoms with Crippen LogP contribution in [0.15, 0.2) is 48.1 Å². The molecular weight excluding hydrogens is 485 g/mol. The molecule has 6 nitrogen and oxygen atoms in total. The molecule has 1 amide bonds. The number of allylic oxidation sites excluding steroid dienone is 4. The molecule has 38 heavy (non-hydrogen) atoms. The number of hydrogen-bond acceptors (Lipinski definition) is 5. The Morgan fingerprint density at radius 3 is 2.61 bits per heavy atom. The summed E-state index contributed by atoms with van der Waals surface area (Å²) in [6, 6.07) is 7.38. The third kappa shape index (κ3) is 4.09. The van der Waals surface area contributed by atoms with Gasteiger partial charge in [0.1, 0.15) is 11.5 Å². The van der Waals surface area contributed by atoms with E-state index in [4.69, 9.17) is 9.47 Å². The SMILES string of the molecule is COc1ccc(OCCCNC(=O)[C@H]2[C@H](C)C[C@H]3[C@@H]4CCC5=CC(=O)C=C[C@]5(C)[C@@]4(F)[C@@H](O)C[C@@]32C)cc1. The van der Waals surface area contributed by atoms with Crippen LogP contribution >= 0.6 is 0 Å². The van der Waals surface area contributed by atoms with Crippen LogP contribution in [0.2, 0.25) is 0 Å². The van der Waals surface area contributed by atoms with Crippen molar-refractivity contribution >= 4 is 11.7 Å². The van der Waals surface area contributed by atoms with Crippen LogP contribution < -0.4 is 14.8 Å². The number of nitrogens with one attached hydrogen (secondary N) is 1. The first-order valence-corrected chi connectivity index (χ1v) is 13.9. The lowest BCUT2D eigenvalue weighted by molar-refractivity contribution is -0.195. The highest BCUT2D eigenvalue weighted by Crippen LogP contribution is 2.69. The van der Waals surface area contributed by atoms with Crippen molar-refractivity contribution in [2.75, 3.05) is 20.3 Å². The van der Waals surface area contributed by atoms with Crippen molar-refractivity contribution in [2.24, 2.45) is 34.5 Å². The van der Waals surface area contributed by atoms with Crippen molar-refractivity contribution in [3.05, 3.63) is 48.1 Å². The quantitative estimate of drug-likeness (QED) is 0.499. The first kappa shape index (κ1) is 26.9. The van der Waals surface area contributed by atoms with Gasteiger partial charge in [0.15, 0.2) is 11.5 Å². The van der Waals surface area contributed by atoms with Gasteiger partial charge in [-0.1, -0.05) is 25.5 Å². The third-order valence-corrected chi connectivity index (χ3v) is 10.2. The van der Waals surface area contributed by atoms with Crippen molar-refractivity contribution < 1.29 is 28.6 Å². The van der Waals surface area contributed by atoms with Crippen molar-refractivity contribution in [1.82, 2.24) is 5.32 Å². The van der Waals surface area contributed by atoms with Crippen LogP contribution in [0, 0.1) is 34.5 Å². The number of ether oxygens (including phenoxy) is 2. The smallest absolute Gasteiger partial charge is 0.223 e. The first-order chi connectivity index (χ1) is 18.0. The lowest BCUT2D eigenvalue weighted by Gasteiger charge is -2.61. The van der Waals surface area contributed by atoms with Gasteiger partial charge in [-0.3, -0.25) is 9.59 Å². The molecule has 206 valence electrons. The van der Waals surface area contributed by atoms with Gasteiger partial charge in [-0.05, 0) is 92.7 Å². The summed E-state index contributed by atoms with van der Waals surface area (Å²) in [5, 5.41) is 14.5. The minimum absolute atomic E-state index is 0.00976. The van der Waals surface area contributed by atoms with Gasteiger partial charge in [0.2, 0.25) is 5.91 Å². The summed E-state index contributed by atoms with van der Waals surface area (Å²) < 4.78 is 28.1. The monoisotopic (exact) mass is 525 g/mol. The van der Waals surface area contributed by atoms with Gasteiger partial charge >= 0.3 is 0 Å². The van der Waals surface area contributed by atoms with Crippen LogP contribution in [0.3, 0.4) is 0 Å². The zero-order valence-electron chi connectivity index (χ0n) is 22.8. The number of alkyl halides is 1. The van der Waals surface area contributed by atoms with Gasteiger partial charge in [0.05, 0.1) is 19.8 Å². The molecule has 3 saturated carbocycles. The Morgan fingerprint density at radius 2 is 1.89 bits per heavy atom. The number of halogens is 1. The molecule has 5 rings (SSSR count). The highest BCUT2D eigenvalue weighted by Gasteiger charge is 2.71. The second-order valence-electron chi connectivity index (χ2n) is 12.2. The molecule has 0 aromatic heterocycles. The average molecular weight is 526 g/mol. The topological polar surface area (TPSA) is 84.9 Å². The van der Waals surface area contributed by atoms with Crippen molar-refractivity contribution in [2.45, 2.75) is 64.6 Å². The second kappa shape index (κ2) is 9.82. The molecule has 0 radical (unpaired) electrons. The van der Waals surface area contributed by atoms with E-state index in [1.165, 1.54) is 6.08 Å². The van der Waals surface area contributed by atoms with Crippen molar-refractivity contribution in [1.29, 1.82) is 0 Å². The van der Waals surface area contributed by atoms with Gasteiger partial charge in [-0.15, -0.1) is 0 Å². The maximum Gasteiger partial charge on any atom is 0.223 e. The molecular formula is C31H40FNO5. The van der Waals surface area contributed by atoms with E-state index < -0.39 is 22.6 Å². The van der Waals surface area contributed by atoms with Gasteiger partial charge in [0.25, 0.3) is 0 Å². The Kier molecular flexibility index (Phi) is 6.95. The van der Waals surface area contributed by atoms with Gasteiger partial charge in [0, 0.05) is 23.8 Å². The number of methoxy groups -OCH3 is 1. The van der Waals surface area contributed by atoms with Gasteiger partial charge in [-0.25, -0.2) is 4.39 Å². The zero-order valence-corrected chi connectivity index (χ0v) is 22.8. The summed E-state index contributed by atoms with van der Waals surface area (Å²) in [6.45, 7) is 6.96. The Hall–Kier alpha value is -2.67. The minimum atomic E-state index is -1.86. The van der Waals surface area contributed by atoms with E-state index in [1.807, 2.05) is 31.2 Å². The molecule has 0 saturated heterocycles. The number of hydrogen-bond donors (Lipinski definition) is 2. The van der Waals surface area contributed by atoms with E-state index in [-0.39, 0.29) is 41.8 Å². The number of rotatable bonds is 7. The second-order valence-corrected chi connectivity index (χ2v) is 12.2. The Bertz CT molecular complexity index is 1150. The number of ketones is 1. The number of carbonyl (C=O) groups is 2. The van der Waals surface area contributed by atoms with E-state index in [2.05, 4.69) is 19.2 Å². The van der Waals surface area contributed by atoms with E-state index >= 15 is 4.39 Å². The highest BCUT2D eigenvalue weighted by molar-refractivity contribution is 6.01. The molecule has 2 N–H and O–H groups in total. The van der Waals surface area contributed by atoms with Gasteiger partial charge < -0.3 is 19.9 Å². The van der Waals surface area contributed by atoms with Gasteiger partial charge in [-0.2, -0.15) is 0 Å². The molecule has 8 atom stereocenters.